The minimum atomic E-state index is -3.25. The van der Waals surface area contributed by atoms with E-state index in [4.69, 9.17) is 0 Å². The van der Waals surface area contributed by atoms with Crippen LogP contribution in [-0.2, 0) is 16.4 Å². The van der Waals surface area contributed by atoms with E-state index in [1.165, 1.54) is 5.56 Å². The summed E-state index contributed by atoms with van der Waals surface area (Å²) in [5.74, 6) is 0.888. The van der Waals surface area contributed by atoms with Crippen LogP contribution in [0.3, 0.4) is 0 Å². The molecule has 0 bridgehead atoms. The van der Waals surface area contributed by atoms with Crippen molar-refractivity contribution in [3.63, 3.8) is 0 Å². The van der Waals surface area contributed by atoms with Crippen molar-refractivity contribution >= 4 is 39.8 Å². The molecule has 0 radical (unpaired) electrons. The van der Waals surface area contributed by atoms with Gasteiger partial charge in [0.15, 0.2) is 15.8 Å². The molecular weight excluding hydrogens is 535 g/mol. The fourth-order valence-corrected chi connectivity index (χ4v) is 5.10. The Kier molecular flexibility index (Phi) is 11.5. The molecule has 176 valence electrons. The predicted molar refractivity (Wildman–Crippen MR) is 142 cm³/mol. The highest BCUT2D eigenvalue weighted by Crippen LogP contribution is 2.14. The summed E-state index contributed by atoms with van der Waals surface area (Å²) in [5.41, 5.74) is 1.36. The van der Waals surface area contributed by atoms with Crippen molar-refractivity contribution in [3.05, 3.63) is 66.2 Å². The van der Waals surface area contributed by atoms with Gasteiger partial charge in [0, 0.05) is 38.8 Å². The fraction of sp³-hybridized carbons (Fsp3) is 0.458. The van der Waals surface area contributed by atoms with Gasteiger partial charge in [-0.15, -0.1) is 24.0 Å². The summed E-state index contributed by atoms with van der Waals surface area (Å²) in [4.78, 5) is 7.48. The molecule has 0 amide bonds. The van der Waals surface area contributed by atoms with Crippen LogP contribution in [0.25, 0.3) is 0 Å². The third-order valence-electron chi connectivity index (χ3n) is 5.47. The lowest BCUT2D eigenvalue weighted by molar-refractivity contribution is 0.198. The number of aliphatic imine (C=N–C) groups is 1. The zero-order valence-electron chi connectivity index (χ0n) is 18.7. The first-order valence-electron chi connectivity index (χ1n) is 11.2. The van der Waals surface area contributed by atoms with Crippen molar-refractivity contribution in [1.82, 2.24) is 15.5 Å². The summed E-state index contributed by atoms with van der Waals surface area (Å²) in [5, 5.41) is 6.82. The number of likely N-dealkylation sites (tertiary alicyclic amines) is 1. The van der Waals surface area contributed by atoms with Crippen LogP contribution in [0, 0.1) is 0 Å². The quantitative estimate of drug-likeness (QED) is 0.208. The summed E-state index contributed by atoms with van der Waals surface area (Å²) in [7, 11) is -3.25. The second-order valence-electron chi connectivity index (χ2n) is 7.93. The van der Waals surface area contributed by atoms with Crippen molar-refractivity contribution < 1.29 is 8.42 Å². The number of rotatable bonds is 9. The summed E-state index contributed by atoms with van der Waals surface area (Å²) < 4.78 is 24.8. The number of benzene rings is 2. The number of sulfone groups is 1. The van der Waals surface area contributed by atoms with Gasteiger partial charge in [-0.3, -0.25) is 9.89 Å². The molecule has 1 aliphatic rings. The third-order valence-corrected chi connectivity index (χ3v) is 7.28. The summed E-state index contributed by atoms with van der Waals surface area (Å²) in [6.07, 6.45) is 2.64. The van der Waals surface area contributed by atoms with Crippen molar-refractivity contribution in [3.8, 4) is 0 Å². The Bertz CT molecular complexity index is 916. The van der Waals surface area contributed by atoms with E-state index in [1.807, 2.05) is 13.0 Å². The van der Waals surface area contributed by atoms with Crippen molar-refractivity contribution in [1.29, 1.82) is 0 Å². The predicted octanol–water partition coefficient (Wildman–Crippen LogP) is 3.69. The number of nitrogens with one attached hydrogen (secondary N) is 2. The number of guanidine groups is 1. The van der Waals surface area contributed by atoms with Gasteiger partial charge < -0.3 is 10.6 Å². The maximum atomic E-state index is 12.4. The van der Waals surface area contributed by atoms with Crippen molar-refractivity contribution in [2.45, 2.75) is 43.7 Å². The Hall–Kier alpha value is -1.65. The van der Waals surface area contributed by atoms with E-state index in [-0.39, 0.29) is 29.7 Å². The van der Waals surface area contributed by atoms with Crippen LogP contribution < -0.4 is 10.6 Å². The standard InChI is InChI=1S/C24H34N4O2S.HI/c1-2-25-24(26-16-9-19-31(29,30)23-12-7-4-8-13-23)27-22-14-17-28(18-15-22)20-21-10-5-3-6-11-21;/h3-8,10-13,22H,2,9,14-20H2,1H3,(H2,25,26,27);1H. The molecule has 6 nitrogen and oxygen atoms in total. The average Bonchev–Trinajstić information content (AvgIpc) is 2.79. The topological polar surface area (TPSA) is 73.8 Å². The lowest BCUT2D eigenvalue weighted by Gasteiger charge is -2.33. The Morgan fingerprint density at radius 3 is 2.28 bits per heavy atom. The van der Waals surface area contributed by atoms with Gasteiger partial charge in [0.1, 0.15) is 0 Å². The van der Waals surface area contributed by atoms with Crippen molar-refractivity contribution in [2.24, 2.45) is 4.99 Å². The second kappa shape index (κ2) is 13.8. The van der Waals surface area contributed by atoms with Gasteiger partial charge in [-0.25, -0.2) is 8.42 Å². The van der Waals surface area contributed by atoms with Gasteiger partial charge in [0.2, 0.25) is 0 Å². The molecule has 32 heavy (non-hydrogen) atoms. The highest BCUT2D eigenvalue weighted by molar-refractivity contribution is 14.0. The minimum absolute atomic E-state index is 0. The molecule has 1 heterocycles. The van der Waals surface area contributed by atoms with E-state index in [1.54, 1.807) is 24.3 Å². The van der Waals surface area contributed by atoms with Gasteiger partial charge in [0.05, 0.1) is 10.6 Å². The molecule has 8 heteroatoms. The SMILES string of the molecule is CCNC(=NCCCS(=O)(=O)c1ccccc1)NC1CCN(Cc2ccccc2)CC1.I. The monoisotopic (exact) mass is 570 g/mol. The number of nitrogens with zero attached hydrogens (tertiary/aromatic N) is 2. The van der Waals surface area contributed by atoms with Crippen LogP contribution in [-0.4, -0.2) is 57.3 Å². The zero-order chi connectivity index (χ0) is 21.9. The van der Waals surface area contributed by atoms with Gasteiger partial charge >= 0.3 is 0 Å². The summed E-state index contributed by atoms with van der Waals surface area (Å²) in [6.45, 7) is 6.41. The van der Waals surface area contributed by atoms with E-state index in [0.29, 0.717) is 23.9 Å². The Morgan fingerprint density at radius 2 is 1.66 bits per heavy atom. The first kappa shape index (κ1) is 26.6. The van der Waals surface area contributed by atoms with Crippen LogP contribution in [0.15, 0.2) is 70.6 Å². The second-order valence-corrected chi connectivity index (χ2v) is 10.0. The lowest BCUT2D eigenvalue weighted by Crippen LogP contribution is -2.48. The van der Waals surface area contributed by atoms with E-state index >= 15 is 0 Å². The molecule has 0 atom stereocenters. The van der Waals surface area contributed by atoms with E-state index in [2.05, 4.69) is 50.9 Å². The molecule has 0 aliphatic carbocycles. The summed E-state index contributed by atoms with van der Waals surface area (Å²) in [6, 6.07) is 19.6. The number of hydrogen-bond donors (Lipinski definition) is 2. The Labute approximate surface area is 209 Å². The zero-order valence-corrected chi connectivity index (χ0v) is 21.9. The highest BCUT2D eigenvalue weighted by Gasteiger charge is 2.20. The molecule has 1 saturated heterocycles. The fourth-order valence-electron chi connectivity index (χ4n) is 3.78. The van der Waals surface area contributed by atoms with Crippen LogP contribution in [0.1, 0.15) is 31.7 Å². The van der Waals surface area contributed by atoms with E-state index in [9.17, 15) is 8.42 Å². The summed E-state index contributed by atoms with van der Waals surface area (Å²) >= 11 is 0. The lowest BCUT2D eigenvalue weighted by atomic mass is 10.0. The molecule has 1 aliphatic heterocycles. The van der Waals surface area contributed by atoms with Gasteiger partial charge in [-0.1, -0.05) is 48.5 Å². The Morgan fingerprint density at radius 1 is 1.03 bits per heavy atom. The molecule has 0 unspecified atom stereocenters. The minimum Gasteiger partial charge on any atom is -0.357 e. The maximum Gasteiger partial charge on any atom is 0.191 e. The van der Waals surface area contributed by atoms with Gasteiger partial charge in [-0.05, 0) is 43.9 Å². The molecule has 0 aromatic heterocycles. The van der Waals surface area contributed by atoms with Crippen LogP contribution in [0.4, 0.5) is 0 Å². The number of hydrogen-bond acceptors (Lipinski definition) is 4. The smallest absolute Gasteiger partial charge is 0.191 e. The average molecular weight is 571 g/mol. The maximum absolute atomic E-state index is 12.4. The molecule has 2 N–H and O–H groups in total. The largest absolute Gasteiger partial charge is 0.357 e. The molecule has 3 rings (SSSR count). The first-order valence-corrected chi connectivity index (χ1v) is 12.8. The van der Waals surface area contributed by atoms with E-state index in [0.717, 1.165) is 45.0 Å². The van der Waals surface area contributed by atoms with Crippen LogP contribution in [0.2, 0.25) is 0 Å². The van der Waals surface area contributed by atoms with Crippen LogP contribution >= 0.6 is 24.0 Å². The van der Waals surface area contributed by atoms with Crippen molar-refractivity contribution in [2.75, 3.05) is 31.9 Å². The van der Waals surface area contributed by atoms with E-state index < -0.39 is 9.84 Å². The van der Waals surface area contributed by atoms with Crippen LogP contribution in [0.5, 0.6) is 0 Å². The normalized spacial score (nSPS) is 15.7. The first-order chi connectivity index (χ1) is 15.1. The molecular formula is C24H35IN4O2S. The molecule has 1 fully saturated rings. The highest BCUT2D eigenvalue weighted by atomic mass is 127. The third kappa shape index (κ3) is 8.71. The van der Waals surface area contributed by atoms with Gasteiger partial charge in [-0.2, -0.15) is 0 Å². The molecule has 0 saturated carbocycles. The Balaban J connectivity index is 0.00000363. The number of halogens is 1. The molecule has 2 aromatic carbocycles. The number of piperidine rings is 1. The molecule has 2 aromatic rings. The molecule has 0 spiro atoms. The van der Waals surface area contributed by atoms with Gasteiger partial charge in [0.25, 0.3) is 0 Å².